The monoisotopic (exact) mass is 231 g/mol. The molecule has 1 saturated carbocycles. The maximum atomic E-state index is 11.8. The lowest BCUT2D eigenvalue weighted by Crippen LogP contribution is -2.35. The quantitative estimate of drug-likeness (QED) is 0.806. The van der Waals surface area contributed by atoms with Crippen molar-refractivity contribution in [3.05, 3.63) is 35.4 Å². The van der Waals surface area contributed by atoms with Crippen LogP contribution in [0.4, 0.5) is 0 Å². The van der Waals surface area contributed by atoms with E-state index < -0.39 is 5.41 Å². The zero-order chi connectivity index (χ0) is 12.6. The lowest BCUT2D eigenvalue weighted by molar-refractivity contribution is -0.122. The summed E-state index contributed by atoms with van der Waals surface area (Å²) in [5.41, 5.74) is 6.24. The van der Waals surface area contributed by atoms with E-state index in [0.29, 0.717) is 0 Å². The van der Waals surface area contributed by atoms with Crippen LogP contribution >= 0.6 is 0 Å². The minimum atomic E-state index is -0.693. The predicted octanol–water partition coefficient (Wildman–Crippen LogP) is 2.04. The number of Topliss-reactive ketones (excluding diaryl/α,β-unsaturated/α-hetero) is 1. The van der Waals surface area contributed by atoms with Gasteiger partial charge >= 0.3 is 0 Å². The molecule has 0 heterocycles. The van der Waals surface area contributed by atoms with Gasteiger partial charge in [-0.3, -0.25) is 9.59 Å². The van der Waals surface area contributed by atoms with Crippen molar-refractivity contribution in [2.75, 3.05) is 0 Å². The van der Waals surface area contributed by atoms with Crippen LogP contribution in [-0.4, -0.2) is 11.7 Å². The number of primary amides is 1. The first-order chi connectivity index (χ1) is 7.93. The average molecular weight is 231 g/mol. The lowest BCUT2D eigenvalue weighted by atomic mass is 9.83. The third-order valence-corrected chi connectivity index (χ3v) is 3.46. The summed E-state index contributed by atoms with van der Waals surface area (Å²) in [5.74, 6) is 0.0807. The van der Waals surface area contributed by atoms with Crippen LogP contribution in [0.1, 0.15) is 42.6 Å². The van der Waals surface area contributed by atoms with E-state index in [1.54, 1.807) is 26.0 Å². The van der Waals surface area contributed by atoms with Gasteiger partial charge in [0, 0.05) is 11.5 Å². The smallest absolute Gasteiger partial charge is 0.227 e. The van der Waals surface area contributed by atoms with Gasteiger partial charge in [-0.15, -0.1) is 0 Å². The molecule has 1 aliphatic carbocycles. The van der Waals surface area contributed by atoms with Crippen molar-refractivity contribution < 1.29 is 9.59 Å². The molecule has 0 bridgehead atoms. The van der Waals surface area contributed by atoms with E-state index in [9.17, 15) is 9.59 Å². The first-order valence-corrected chi connectivity index (χ1v) is 5.87. The number of ketones is 1. The molecule has 3 heteroatoms. The van der Waals surface area contributed by atoms with Crippen molar-refractivity contribution in [2.45, 2.75) is 32.1 Å². The molecule has 2 N–H and O–H groups in total. The van der Waals surface area contributed by atoms with Crippen LogP contribution in [0.15, 0.2) is 24.3 Å². The molecule has 0 aromatic heterocycles. The minimum absolute atomic E-state index is 0.216. The first-order valence-electron chi connectivity index (χ1n) is 5.87. The number of amides is 1. The number of nitrogens with two attached hydrogens (primary N) is 1. The van der Waals surface area contributed by atoms with E-state index in [1.165, 1.54) is 0 Å². The molecule has 3 nitrogen and oxygen atoms in total. The van der Waals surface area contributed by atoms with Crippen molar-refractivity contribution in [1.82, 2.24) is 0 Å². The Balaban J connectivity index is 2.23. The SMILES string of the molecule is CC(C)(C(N)=O)c1ccc(C(=O)C2CC2)cc1. The van der Waals surface area contributed by atoms with Gasteiger partial charge in [-0.1, -0.05) is 24.3 Å². The zero-order valence-corrected chi connectivity index (χ0v) is 10.2. The maximum absolute atomic E-state index is 11.8. The topological polar surface area (TPSA) is 60.2 Å². The van der Waals surface area contributed by atoms with Crippen molar-refractivity contribution >= 4 is 11.7 Å². The number of carbonyl (C=O) groups is 2. The highest BCUT2D eigenvalue weighted by Gasteiger charge is 2.31. The van der Waals surface area contributed by atoms with Crippen molar-refractivity contribution in [3.8, 4) is 0 Å². The Kier molecular flexibility index (Phi) is 2.77. The van der Waals surface area contributed by atoms with Crippen LogP contribution < -0.4 is 5.73 Å². The predicted molar refractivity (Wildman–Crippen MR) is 65.7 cm³/mol. The second kappa shape index (κ2) is 3.99. The van der Waals surface area contributed by atoms with Crippen LogP contribution in [0.2, 0.25) is 0 Å². The highest BCUT2D eigenvalue weighted by Crippen LogP contribution is 2.33. The number of hydrogen-bond donors (Lipinski definition) is 1. The van der Waals surface area contributed by atoms with Gasteiger partial charge in [0.15, 0.2) is 5.78 Å². The molecule has 0 unspecified atom stereocenters. The normalized spacial score (nSPS) is 15.6. The van der Waals surface area contributed by atoms with Crippen LogP contribution in [0.5, 0.6) is 0 Å². The van der Waals surface area contributed by atoms with E-state index in [2.05, 4.69) is 0 Å². The van der Waals surface area contributed by atoms with E-state index >= 15 is 0 Å². The van der Waals surface area contributed by atoms with Crippen molar-refractivity contribution in [2.24, 2.45) is 11.7 Å². The maximum Gasteiger partial charge on any atom is 0.227 e. The Hall–Kier alpha value is -1.64. The van der Waals surface area contributed by atoms with Gasteiger partial charge in [-0.05, 0) is 32.3 Å². The van der Waals surface area contributed by atoms with Crippen molar-refractivity contribution in [1.29, 1.82) is 0 Å². The zero-order valence-electron chi connectivity index (χ0n) is 10.2. The molecule has 1 aromatic carbocycles. The third kappa shape index (κ3) is 2.23. The number of hydrogen-bond acceptors (Lipinski definition) is 2. The Morgan fingerprint density at radius 2 is 1.71 bits per heavy atom. The second-order valence-electron chi connectivity index (χ2n) is 5.21. The summed E-state index contributed by atoms with van der Waals surface area (Å²) >= 11 is 0. The summed E-state index contributed by atoms with van der Waals surface area (Å²) in [6, 6.07) is 7.22. The molecule has 17 heavy (non-hydrogen) atoms. The molecule has 0 saturated heterocycles. The van der Waals surface area contributed by atoms with Crippen LogP contribution in [0.25, 0.3) is 0 Å². The van der Waals surface area contributed by atoms with E-state index in [-0.39, 0.29) is 17.6 Å². The molecule has 1 aromatic rings. The van der Waals surface area contributed by atoms with Gasteiger partial charge in [-0.25, -0.2) is 0 Å². The highest BCUT2D eigenvalue weighted by atomic mass is 16.1. The number of carbonyl (C=O) groups excluding carboxylic acids is 2. The fourth-order valence-corrected chi connectivity index (χ4v) is 1.77. The van der Waals surface area contributed by atoms with Gasteiger partial charge in [0.05, 0.1) is 5.41 Å². The van der Waals surface area contributed by atoms with E-state index in [1.807, 2.05) is 12.1 Å². The molecule has 1 fully saturated rings. The Morgan fingerprint density at radius 3 is 2.12 bits per heavy atom. The number of rotatable bonds is 4. The summed E-state index contributed by atoms with van der Waals surface area (Å²) in [6.07, 6.45) is 2.01. The second-order valence-corrected chi connectivity index (χ2v) is 5.21. The number of benzene rings is 1. The van der Waals surface area contributed by atoms with Gasteiger partial charge in [0.25, 0.3) is 0 Å². The summed E-state index contributed by atoms with van der Waals surface area (Å²) in [6.45, 7) is 3.57. The Bertz CT molecular complexity index is 456. The van der Waals surface area contributed by atoms with E-state index in [0.717, 1.165) is 24.0 Å². The van der Waals surface area contributed by atoms with Gasteiger partial charge in [0.1, 0.15) is 0 Å². The van der Waals surface area contributed by atoms with Crippen LogP contribution in [-0.2, 0) is 10.2 Å². The largest absolute Gasteiger partial charge is 0.369 e. The minimum Gasteiger partial charge on any atom is -0.369 e. The summed E-state index contributed by atoms with van der Waals surface area (Å²) < 4.78 is 0. The molecular weight excluding hydrogens is 214 g/mol. The Morgan fingerprint density at radius 1 is 1.18 bits per heavy atom. The van der Waals surface area contributed by atoms with Crippen LogP contribution in [0, 0.1) is 5.92 Å². The molecular formula is C14H17NO2. The highest BCUT2D eigenvalue weighted by molar-refractivity contribution is 5.99. The standard InChI is InChI=1S/C14H17NO2/c1-14(2,13(15)17)11-7-5-10(6-8-11)12(16)9-3-4-9/h5-9H,3-4H2,1-2H3,(H2,15,17). The first kappa shape index (κ1) is 11.8. The summed E-state index contributed by atoms with van der Waals surface area (Å²) in [4.78, 5) is 23.1. The molecule has 0 radical (unpaired) electrons. The molecule has 0 atom stereocenters. The molecule has 90 valence electrons. The molecule has 1 aliphatic rings. The van der Waals surface area contributed by atoms with Gasteiger partial charge < -0.3 is 5.73 Å². The molecule has 2 rings (SSSR count). The molecule has 1 amide bonds. The molecule has 0 spiro atoms. The fraction of sp³-hybridized carbons (Fsp3) is 0.429. The third-order valence-electron chi connectivity index (χ3n) is 3.46. The van der Waals surface area contributed by atoms with Gasteiger partial charge in [0.2, 0.25) is 5.91 Å². The average Bonchev–Trinajstić information content (AvgIpc) is 3.12. The fourth-order valence-electron chi connectivity index (χ4n) is 1.77. The summed E-state index contributed by atoms with van der Waals surface area (Å²) in [7, 11) is 0. The summed E-state index contributed by atoms with van der Waals surface area (Å²) in [5, 5.41) is 0. The Labute approximate surface area is 101 Å². The van der Waals surface area contributed by atoms with E-state index in [4.69, 9.17) is 5.73 Å². The van der Waals surface area contributed by atoms with Crippen molar-refractivity contribution in [3.63, 3.8) is 0 Å². The molecule has 0 aliphatic heterocycles. The van der Waals surface area contributed by atoms with Crippen LogP contribution in [0.3, 0.4) is 0 Å². The lowest BCUT2D eigenvalue weighted by Gasteiger charge is -2.21. The van der Waals surface area contributed by atoms with Gasteiger partial charge in [-0.2, -0.15) is 0 Å².